The topological polar surface area (TPSA) is 9.23 Å². The van der Waals surface area contributed by atoms with E-state index in [0.29, 0.717) is 18.6 Å². The summed E-state index contributed by atoms with van der Waals surface area (Å²) >= 11 is 0. The number of hydrogen-bond acceptors (Lipinski definition) is 1. The summed E-state index contributed by atoms with van der Waals surface area (Å²) in [6.45, 7) is 4.53. The van der Waals surface area contributed by atoms with Gasteiger partial charge in [0.05, 0.1) is 6.61 Å². The van der Waals surface area contributed by atoms with Gasteiger partial charge in [-0.15, -0.1) is 0 Å². The van der Waals surface area contributed by atoms with E-state index in [1.165, 1.54) is 12.1 Å². The van der Waals surface area contributed by atoms with Crippen LogP contribution < -0.4 is 4.74 Å². The maximum Gasteiger partial charge on any atom is 0.129 e. The van der Waals surface area contributed by atoms with Crippen LogP contribution in [0.15, 0.2) is 66.7 Å². The van der Waals surface area contributed by atoms with Crippen LogP contribution in [-0.2, 0) is 6.42 Å². The molecule has 0 amide bonds. The van der Waals surface area contributed by atoms with Crippen molar-refractivity contribution in [1.82, 2.24) is 0 Å². The first-order valence-electron chi connectivity index (χ1n) is 9.50. The maximum atomic E-state index is 14.6. The molecule has 3 rings (SSSR count). The minimum absolute atomic E-state index is 0.0375. The molecule has 0 unspecified atom stereocenters. The highest BCUT2D eigenvalue weighted by Gasteiger charge is 2.15. The second kappa shape index (κ2) is 9.32. The van der Waals surface area contributed by atoms with Crippen LogP contribution in [0, 0.1) is 11.6 Å². The van der Waals surface area contributed by atoms with E-state index >= 15 is 0 Å². The summed E-state index contributed by atoms with van der Waals surface area (Å²) in [4.78, 5) is 0. The second-order valence-electron chi connectivity index (χ2n) is 6.81. The summed E-state index contributed by atoms with van der Waals surface area (Å²) in [6.07, 6.45) is 3.87. The van der Waals surface area contributed by atoms with Crippen LogP contribution in [0.25, 0.3) is 12.2 Å². The van der Waals surface area contributed by atoms with E-state index in [-0.39, 0.29) is 11.5 Å². The molecule has 0 aliphatic carbocycles. The minimum Gasteiger partial charge on any atom is -0.494 e. The number of ether oxygens (including phenoxy) is 1. The van der Waals surface area contributed by atoms with Crippen molar-refractivity contribution in [3.05, 3.63) is 101 Å². The van der Waals surface area contributed by atoms with Crippen molar-refractivity contribution in [1.29, 1.82) is 0 Å². The van der Waals surface area contributed by atoms with Crippen molar-refractivity contribution < 1.29 is 13.5 Å². The van der Waals surface area contributed by atoms with Gasteiger partial charge in [-0.1, -0.05) is 61.5 Å². The monoisotopic (exact) mass is 378 g/mol. The molecule has 0 fully saturated rings. The Morgan fingerprint density at radius 3 is 2.07 bits per heavy atom. The Labute approximate surface area is 165 Å². The zero-order valence-electron chi connectivity index (χ0n) is 16.2. The summed E-state index contributed by atoms with van der Waals surface area (Å²) in [5, 5.41) is 0. The predicted molar refractivity (Wildman–Crippen MR) is 111 cm³/mol. The first kappa shape index (κ1) is 19.8. The molecule has 1 nitrogen and oxygen atoms in total. The lowest BCUT2D eigenvalue weighted by molar-refractivity contribution is 0.340. The molecule has 0 heterocycles. The first-order valence-corrected chi connectivity index (χ1v) is 9.50. The molecule has 0 aliphatic rings. The van der Waals surface area contributed by atoms with Gasteiger partial charge in [0.25, 0.3) is 0 Å². The van der Waals surface area contributed by atoms with Gasteiger partial charge in [-0.25, -0.2) is 8.78 Å². The summed E-state index contributed by atoms with van der Waals surface area (Å²) < 4.78 is 34.5. The Kier molecular flexibility index (Phi) is 6.59. The van der Waals surface area contributed by atoms with Gasteiger partial charge in [-0.3, -0.25) is 0 Å². The van der Waals surface area contributed by atoms with Gasteiger partial charge in [0.2, 0.25) is 0 Å². The smallest absolute Gasteiger partial charge is 0.129 e. The van der Waals surface area contributed by atoms with Gasteiger partial charge in [0.1, 0.15) is 17.4 Å². The largest absolute Gasteiger partial charge is 0.494 e. The van der Waals surface area contributed by atoms with Crippen LogP contribution in [0.5, 0.6) is 5.75 Å². The zero-order valence-corrected chi connectivity index (χ0v) is 16.2. The molecule has 1 atom stereocenters. The van der Waals surface area contributed by atoms with E-state index in [0.717, 1.165) is 16.9 Å². The second-order valence-corrected chi connectivity index (χ2v) is 6.81. The van der Waals surface area contributed by atoms with Crippen LogP contribution >= 0.6 is 0 Å². The molecule has 0 bridgehead atoms. The molecule has 0 aromatic heterocycles. The van der Waals surface area contributed by atoms with Crippen LogP contribution in [-0.4, -0.2) is 6.61 Å². The predicted octanol–water partition coefficient (Wildman–Crippen LogP) is 6.88. The number of hydrogen-bond donors (Lipinski definition) is 0. The average molecular weight is 378 g/mol. The summed E-state index contributed by atoms with van der Waals surface area (Å²) in [5.41, 5.74) is 2.64. The van der Waals surface area contributed by atoms with Crippen molar-refractivity contribution in [2.75, 3.05) is 6.61 Å². The van der Waals surface area contributed by atoms with Gasteiger partial charge in [-0.2, -0.15) is 0 Å². The lowest BCUT2D eigenvalue weighted by Gasteiger charge is -2.14. The molecule has 3 heteroatoms. The van der Waals surface area contributed by atoms with Crippen molar-refractivity contribution in [3.63, 3.8) is 0 Å². The van der Waals surface area contributed by atoms with Crippen molar-refractivity contribution in [2.24, 2.45) is 0 Å². The molecule has 0 aliphatic heterocycles. The summed E-state index contributed by atoms with van der Waals surface area (Å²) in [7, 11) is 0. The standard InChI is InChI=1S/C25H24F2O/c1-3-28-22-13-11-19(12-14-22)9-10-20-16-24(26)23(25(27)17-20)15-18(2)21-7-5-4-6-8-21/h4-14,16-18H,3,15H2,1-2H3/t18-/m1/s1. The van der Waals surface area contributed by atoms with E-state index < -0.39 is 11.6 Å². The number of halogens is 2. The Bertz CT molecular complexity index is 908. The molecule has 0 spiro atoms. The molecule has 0 saturated heterocycles. The van der Waals surface area contributed by atoms with Gasteiger partial charge < -0.3 is 4.74 Å². The lowest BCUT2D eigenvalue weighted by atomic mass is 9.92. The third-order valence-electron chi connectivity index (χ3n) is 4.70. The van der Waals surface area contributed by atoms with E-state index in [9.17, 15) is 8.78 Å². The van der Waals surface area contributed by atoms with E-state index in [4.69, 9.17) is 4.74 Å². The molecular formula is C25H24F2O. The van der Waals surface area contributed by atoms with E-state index in [2.05, 4.69) is 0 Å². The molecule has 0 N–H and O–H groups in total. The van der Waals surface area contributed by atoms with Crippen LogP contribution in [0.3, 0.4) is 0 Å². The third kappa shape index (κ3) is 5.07. The molecule has 28 heavy (non-hydrogen) atoms. The van der Waals surface area contributed by atoms with Gasteiger partial charge in [0, 0.05) is 5.56 Å². The lowest BCUT2D eigenvalue weighted by Crippen LogP contribution is -2.04. The third-order valence-corrected chi connectivity index (χ3v) is 4.70. The van der Waals surface area contributed by atoms with Crippen LogP contribution in [0.4, 0.5) is 8.78 Å². The number of rotatable bonds is 7. The normalized spacial score (nSPS) is 12.3. The SMILES string of the molecule is CCOc1ccc(C=Cc2cc(F)c(C[C@@H](C)c3ccccc3)c(F)c2)cc1. The molecule has 3 aromatic carbocycles. The van der Waals surface area contributed by atoms with Gasteiger partial charge >= 0.3 is 0 Å². The highest BCUT2D eigenvalue weighted by Crippen LogP contribution is 2.25. The fourth-order valence-electron chi connectivity index (χ4n) is 3.15. The van der Waals surface area contributed by atoms with Gasteiger partial charge in [0.15, 0.2) is 0 Å². The molecule has 0 radical (unpaired) electrons. The average Bonchev–Trinajstić information content (AvgIpc) is 2.71. The molecule has 144 valence electrons. The Morgan fingerprint density at radius 2 is 1.46 bits per heavy atom. The Balaban J connectivity index is 1.74. The summed E-state index contributed by atoms with van der Waals surface area (Å²) in [5.74, 6) is -0.174. The highest BCUT2D eigenvalue weighted by molar-refractivity contribution is 5.70. The van der Waals surface area contributed by atoms with Crippen molar-refractivity contribution >= 4 is 12.2 Å². The van der Waals surface area contributed by atoms with Crippen molar-refractivity contribution in [3.8, 4) is 5.75 Å². The number of benzene rings is 3. The quantitative estimate of drug-likeness (QED) is 0.407. The van der Waals surface area contributed by atoms with E-state index in [1.54, 1.807) is 6.08 Å². The van der Waals surface area contributed by atoms with Crippen LogP contribution in [0.1, 0.15) is 42.0 Å². The molecule has 0 saturated carbocycles. The highest BCUT2D eigenvalue weighted by atomic mass is 19.1. The maximum absolute atomic E-state index is 14.6. The van der Waals surface area contributed by atoms with Crippen LogP contribution in [0.2, 0.25) is 0 Å². The van der Waals surface area contributed by atoms with E-state index in [1.807, 2.05) is 74.5 Å². The zero-order chi connectivity index (χ0) is 19.9. The molecular weight excluding hydrogens is 354 g/mol. The van der Waals surface area contributed by atoms with Crippen molar-refractivity contribution in [2.45, 2.75) is 26.2 Å². The first-order chi connectivity index (χ1) is 13.6. The Morgan fingerprint density at radius 1 is 0.857 bits per heavy atom. The fourth-order valence-corrected chi connectivity index (χ4v) is 3.15. The minimum atomic E-state index is -0.505. The Hall–Kier alpha value is -2.94. The summed E-state index contributed by atoms with van der Waals surface area (Å²) in [6, 6.07) is 20.1. The van der Waals surface area contributed by atoms with Gasteiger partial charge in [-0.05, 0) is 60.2 Å². The fraction of sp³-hybridized carbons (Fsp3) is 0.200. The molecule has 3 aromatic rings.